The van der Waals surface area contributed by atoms with Crippen molar-refractivity contribution in [1.29, 1.82) is 0 Å². The van der Waals surface area contributed by atoms with Crippen molar-refractivity contribution >= 4 is 11.6 Å². The summed E-state index contributed by atoms with van der Waals surface area (Å²) in [5.41, 5.74) is 3.17. The molecule has 1 atom stereocenters. The van der Waals surface area contributed by atoms with Crippen LogP contribution in [0.1, 0.15) is 48.4 Å². The minimum Gasteiger partial charge on any atom is -0.493 e. The zero-order valence-electron chi connectivity index (χ0n) is 16.3. The molecule has 3 aromatic rings. The molecule has 0 aliphatic rings. The Balaban J connectivity index is 1.77. The van der Waals surface area contributed by atoms with Gasteiger partial charge in [0.15, 0.2) is 11.5 Å². The van der Waals surface area contributed by atoms with Crippen molar-refractivity contribution in [2.75, 3.05) is 7.11 Å². The van der Waals surface area contributed by atoms with Crippen molar-refractivity contribution < 1.29 is 14.3 Å². The van der Waals surface area contributed by atoms with Crippen molar-refractivity contribution in [2.24, 2.45) is 0 Å². The van der Waals surface area contributed by atoms with Crippen molar-refractivity contribution in [3.8, 4) is 11.5 Å². The molecule has 3 rings (SSSR count). The maximum Gasteiger partial charge on any atom is 0.271 e. The molecule has 0 spiro atoms. The lowest BCUT2D eigenvalue weighted by molar-refractivity contribution is 0.0935. The first kappa shape index (κ1) is 18.8. The molecule has 27 heavy (non-hydrogen) atoms. The number of nitrogens with one attached hydrogen (secondary N) is 1. The molecule has 0 saturated carbocycles. The number of ether oxygens (including phenoxy) is 2. The minimum atomic E-state index is -0.217. The number of imidazole rings is 1. The molecule has 142 valence electrons. The van der Waals surface area contributed by atoms with Crippen LogP contribution in [-0.2, 0) is 0 Å². The van der Waals surface area contributed by atoms with E-state index in [1.165, 1.54) is 0 Å². The third kappa shape index (κ3) is 4.22. The highest BCUT2D eigenvalue weighted by molar-refractivity contribution is 5.93. The third-order valence-electron chi connectivity index (χ3n) is 4.25. The smallest absolute Gasteiger partial charge is 0.271 e. The predicted molar refractivity (Wildman–Crippen MR) is 105 cm³/mol. The Labute approximate surface area is 159 Å². The van der Waals surface area contributed by atoms with Gasteiger partial charge in [0.25, 0.3) is 5.91 Å². The van der Waals surface area contributed by atoms with Crippen molar-refractivity contribution in [1.82, 2.24) is 14.7 Å². The van der Waals surface area contributed by atoms with Gasteiger partial charge in [0.2, 0.25) is 0 Å². The number of rotatable bonds is 6. The first-order chi connectivity index (χ1) is 12.9. The Bertz CT molecular complexity index is 962. The SMILES string of the molecule is COc1cc(C(C)NC(=O)c2cn3ccc(C)cc3n2)ccc1OC(C)C. The highest BCUT2D eigenvalue weighted by atomic mass is 16.5. The van der Waals surface area contributed by atoms with E-state index in [-0.39, 0.29) is 18.1 Å². The third-order valence-corrected chi connectivity index (χ3v) is 4.25. The average Bonchev–Trinajstić information content (AvgIpc) is 3.04. The van der Waals surface area contributed by atoms with Crippen LogP contribution in [0.5, 0.6) is 11.5 Å². The monoisotopic (exact) mass is 367 g/mol. The fourth-order valence-corrected chi connectivity index (χ4v) is 2.85. The maximum atomic E-state index is 12.6. The van der Waals surface area contributed by atoms with Gasteiger partial charge >= 0.3 is 0 Å². The second-order valence-electron chi connectivity index (χ2n) is 6.87. The fraction of sp³-hybridized carbons (Fsp3) is 0.333. The van der Waals surface area contributed by atoms with E-state index in [0.29, 0.717) is 17.2 Å². The average molecular weight is 367 g/mol. The number of aryl methyl sites for hydroxylation is 1. The van der Waals surface area contributed by atoms with Gasteiger partial charge in [-0.3, -0.25) is 4.79 Å². The Morgan fingerprint density at radius 1 is 1.15 bits per heavy atom. The first-order valence-corrected chi connectivity index (χ1v) is 8.98. The van der Waals surface area contributed by atoms with E-state index in [0.717, 1.165) is 16.8 Å². The van der Waals surface area contributed by atoms with Gasteiger partial charge in [-0.15, -0.1) is 0 Å². The standard InChI is InChI=1S/C21H25N3O3/c1-13(2)27-18-7-6-16(11-19(18)26-5)15(4)22-21(25)17-12-24-9-8-14(3)10-20(24)23-17/h6-13,15H,1-5H3,(H,22,25). The molecule has 2 aromatic heterocycles. The number of hydrogen-bond donors (Lipinski definition) is 1. The summed E-state index contributed by atoms with van der Waals surface area (Å²) >= 11 is 0. The molecule has 0 bridgehead atoms. The molecule has 0 aliphatic heterocycles. The second-order valence-corrected chi connectivity index (χ2v) is 6.87. The van der Waals surface area contributed by atoms with Gasteiger partial charge in [0, 0.05) is 12.4 Å². The molecule has 1 N–H and O–H groups in total. The van der Waals surface area contributed by atoms with E-state index in [2.05, 4.69) is 10.3 Å². The Hall–Kier alpha value is -3.02. The van der Waals surface area contributed by atoms with E-state index in [4.69, 9.17) is 9.47 Å². The molecule has 1 amide bonds. The lowest BCUT2D eigenvalue weighted by Crippen LogP contribution is -2.27. The molecule has 1 aromatic carbocycles. The number of aromatic nitrogens is 2. The number of methoxy groups -OCH3 is 1. The lowest BCUT2D eigenvalue weighted by Gasteiger charge is -2.18. The number of fused-ring (bicyclic) bond motifs is 1. The van der Waals surface area contributed by atoms with E-state index >= 15 is 0 Å². The Morgan fingerprint density at radius 2 is 1.93 bits per heavy atom. The minimum absolute atomic E-state index is 0.0561. The largest absolute Gasteiger partial charge is 0.493 e. The van der Waals surface area contributed by atoms with Crippen LogP contribution in [0.3, 0.4) is 0 Å². The van der Waals surface area contributed by atoms with Gasteiger partial charge < -0.3 is 19.2 Å². The van der Waals surface area contributed by atoms with Crippen LogP contribution in [0.15, 0.2) is 42.7 Å². The summed E-state index contributed by atoms with van der Waals surface area (Å²) in [7, 11) is 1.61. The molecule has 0 saturated heterocycles. The highest BCUT2D eigenvalue weighted by Crippen LogP contribution is 2.31. The lowest BCUT2D eigenvalue weighted by atomic mass is 10.1. The summed E-state index contributed by atoms with van der Waals surface area (Å²) < 4.78 is 13.0. The fourth-order valence-electron chi connectivity index (χ4n) is 2.85. The maximum absolute atomic E-state index is 12.6. The van der Waals surface area contributed by atoms with Crippen molar-refractivity contribution in [2.45, 2.75) is 39.8 Å². The number of carbonyl (C=O) groups excluding carboxylic acids is 1. The van der Waals surface area contributed by atoms with Crippen molar-refractivity contribution in [3.05, 3.63) is 59.5 Å². The molecular weight excluding hydrogens is 342 g/mol. The molecule has 6 nitrogen and oxygen atoms in total. The van der Waals surface area contributed by atoms with Crippen LogP contribution in [0.2, 0.25) is 0 Å². The van der Waals surface area contributed by atoms with Gasteiger partial charge in [0.1, 0.15) is 11.3 Å². The molecule has 1 unspecified atom stereocenters. The van der Waals surface area contributed by atoms with Gasteiger partial charge in [-0.1, -0.05) is 6.07 Å². The normalized spacial score (nSPS) is 12.2. The van der Waals surface area contributed by atoms with E-state index in [9.17, 15) is 4.79 Å². The predicted octanol–water partition coefficient (Wildman–Crippen LogP) is 3.93. The van der Waals surface area contributed by atoms with Crippen LogP contribution in [0.4, 0.5) is 0 Å². The Morgan fingerprint density at radius 3 is 2.63 bits per heavy atom. The highest BCUT2D eigenvalue weighted by Gasteiger charge is 2.16. The molecular formula is C21H25N3O3. The first-order valence-electron chi connectivity index (χ1n) is 8.98. The number of benzene rings is 1. The molecule has 0 radical (unpaired) electrons. The van der Waals surface area contributed by atoms with Crippen LogP contribution in [-0.4, -0.2) is 28.5 Å². The number of amides is 1. The summed E-state index contributed by atoms with van der Waals surface area (Å²) in [6.45, 7) is 7.85. The summed E-state index contributed by atoms with van der Waals surface area (Å²) in [4.78, 5) is 17.0. The summed E-state index contributed by atoms with van der Waals surface area (Å²) in [6, 6.07) is 9.40. The number of hydrogen-bond acceptors (Lipinski definition) is 4. The van der Waals surface area contributed by atoms with Crippen LogP contribution in [0.25, 0.3) is 5.65 Å². The zero-order valence-corrected chi connectivity index (χ0v) is 16.3. The van der Waals surface area contributed by atoms with Crippen molar-refractivity contribution in [3.63, 3.8) is 0 Å². The quantitative estimate of drug-likeness (QED) is 0.717. The summed E-state index contributed by atoms with van der Waals surface area (Å²) in [5.74, 6) is 1.11. The second kappa shape index (κ2) is 7.70. The summed E-state index contributed by atoms with van der Waals surface area (Å²) in [5, 5.41) is 2.99. The van der Waals surface area contributed by atoms with Crippen LogP contribution < -0.4 is 14.8 Å². The number of carbonyl (C=O) groups is 1. The van der Waals surface area contributed by atoms with Gasteiger partial charge in [-0.05, 0) is 63.1 Å². The van der Waals surface area contributed by atoms with E-state index in [1.807, 2.05) is 68.6 Å². The molecule has 0 aliphatic carbocycles. The molecule has 6 heteroatoms. The zero-order chi connectivity index (χ0) is 19.6. The van der Waals surface area contributed by atoms with Gasteiger partial charge in [0.05, 0.1) is 19.3 Å². The van der Waals surface area contributed by atoms with Gasteiger partial charge in [-0.25, -0.2) is 4.98 Å². The number of pyridine rings is 1. The molecule has 0 fully saturated rings. The van der Waals surface area contributed by atoms with E-state index in [1.54, 1.807) is 13.3 Å². The summed E-state index contributed by atoms with van der Waals surface area (Å²) in [6.07, 6.45) is 3.69. The number of nitrogens with zero attached hydrogens (tertiary/aromatic N) is 2. The topological polar surface area (TPSA) is 64.9 Å². The Kier molecular flexibility index (Phi) is 5.35. The van der Waals surface area contributed by atoms with E-state index < -0.39 is 0 Å². The van der Waals surface area contributed by atoms with Gasteiger partial charge in [-0.2, -0.15) is 0 Å². The van der Waals surface area contributed by atoms with Crippen LogP contribution >= 0.6 is 0 Å². The van der Waals surface area contributed by atoms with Crippen LogP contribution in [0, 0.1) is 6.92 Å². The molecule has 2 heterocycles.